The van der Waals surface area contributed by atoms with Crippen LogP contribution >= 0.6 is 0 Å². The van der Waals surface area contributed by atoms with E-state index in [9.17, 15) is 9.18 Å². The van der Waals surface area contributed by atoms with Crippen LogP contribution in [0.2, 0.25) is 0 Å². The van der Waals surface area contributed by atoms with Crippen LogP contribution in [0.25, 0.3) is 11.4 Å². The molecule has 0 radical (unpaired) electrons. The molecule has 6 heteroatoms. The van der Waals surface area contributed by atoms with E-state index in [2.05, 4.69) is 28.6 Å². The average Bonchev–Trinajstić information content (AvgIpc) is 3.15. The van der Waals surface area contributed by atoms with Crippen molar-refractivity contribution < 1.29 is 13.9 Å². The van der Waals surface area contributed by atoms with E-state index in [4.69, 9.17) is 4.74 Å². The first-order valence-corrected chi connectivity index (χ1v) is 9.80. The minimum absolute atomic E-state index is 0.143. The fourth-order valence-corrected chi connectivity index (χ4v) is 4.02. The van der Waals surface area contributed by atoms with Crippen LogP contribution in [0.1, 0.15) is 34.9 Å². The molecule has 3 aromatic rings. The molecule has 0 atom stereocenters. The fraction of sp³-hybridized carbons (Fsp3) is 0.304. The maximum absolute atomic E-state index is 14.0. The van der Waals surface area contributed by atoms with Crippen molar-refractivity contribution in [3.63, 3.8) is 0 Å². The molecule has 4 rings (SSSR count). The molecule has 29 heavy (non-hydrogen) atoms. The van der Waals surface area contributed by atoms with Gasteiger partial charge in [-0.1, -0.05) is 30.3 Å². The van der Waals surface area contributed by atoms with Crippen molar-refractivity contribution in [2.75, 3.05) is 20.2 Å². The highest BCUT2D eigenvalue weighted by atomic mass is 19.1. The van der Waals surface area contributed by atoms with Gasteiger partial charge in [-0.15, -0.1) is 0 Å². The van der Waals surface area contributed by atoms with E-state index < -0.39 is 5.82 Å². The first-order valence-electron chi connectivity index (χ1n) is 9.80. The Kier molecular flexibility index (Phi) is 5.34. The summed E-state index contributed by atoms with van der Waals surface area (Å²) in [6, 6.07) is 14.8. The molecule has 2 heterocycles. The van der Waals surface area contributed by atoms with Gasteiger partial charge in [-0.2, -0.15) is 0 Å². The summed E-state index contributed by atoms with van der Waals surface area (Å²) in [6.45, 7) is 3.32. The lowest BCUT2D eigenvalue weighted by Crippen LogP contribution is -2.39. The van der Waals surface area contributed by atoms with E-state index in [0.29, 0.717) is 18.7 Å². The van der Waals surface area contributed by atoms with Crippen LogP contribution in [0.4, 0.5) is 4.39 Å². The number of nitrogens with zero attached hydrogens (tertiary/aromatic N) is 3. The molecule has 1 aliphatic rings. The Morgan fingerprint density at radius 3 is 2.52 bits per heavy atom. The third-order valence-electron chi connectivity index (χ3n) is 5.53. The highest BCUT2D eigenvalue weighted by Gasteiger charge is 2.27. The molecule has 1 saturated heterocycles. The molecule has 0 bridgehead atoms. The first kappa shape index (κ1) is 19.2. The number of hydrogen-bond donors (Lipinski definition) is 0. The van der Waals surface area contributed by atoms with Gasteiger partial charge in [-0.25, -0.2) is 9.37 Å². The third-order valence-corrected chi connectivity index (χ3v) is 5.53. The van der Waals surface area contributed by atoms with E-state index >= 15 is 0 Å². The zero-order valence-electron chi connectivity index (χ0n) is 16.6. The summed E-state index contributed by atoms with van der Waals surface area (Å²) >= 11 is 0. The van der Waals surface area contributed by atoms with E-state index in [1.54, 1.807) is 11.0 Å². The second kappa shape index (κ2) is 8.07. The first-order chi connectivity index (χ1) is 14.1. The van der Waals surface area contributed by atoms with Gasteiger partial charge in [0.1, 0.15) is 5.82 Å². The number of carbonyl (C=O) groups is 1. The Hall–Kier alpha value is -3.15. The van der Waals surface area contributed by atoms with Crippen LogP contribution in [-0.2, 0) is 0 Å². The van der Waals surface area contributed by atoms with Gasteiger partial charge in [0.2, 0.25) is 0 Å². The molecular formula is C23H24FN3O2. The Balaban J connectivity index is 1.49. The van der Waals surface area contributed by atoms with Crippen molar-refractivity contribution in [1.29, 1.82) is 0 Å². The topological polar surface area (TPSA) is 47.4 Å². The van der Waals surface area contributed by atoms with Crippen molar-refractivity contribution in [3.05, 3.63) is 71.8 Å². The molecule has 1 aromatic heterocycles. The van der Waals surface area contributed by atoms with Gasteiger partial charge >= 0.3 is 0 Å². The average molecular weight is 393 g/mol. The number of benzene rings is 2. The molecule has 0 N–H and O–H groups in total. The molecule has 0 unspecified atom stereocenters. The Labute approximate surface area is 169 Å². The molecule has 0 spiro atoms. The van der Waals surface area contributed by atoms with Crippen LogP contribution in [0.3, 0.4) is 0 Å². The SMILES string of the molecule is COc1ccc(C(=O)N2CCC(n3c(C)cnc3-c3ccccc3)CC2)cc1F. The number of imidazole rings is 1. The number of halogens is 1. The quantitative estimate of drug-likeness (QED) is 0.656. The molecule has 0 saturated carbocycles. The molecule has 1 aliphatic heterocycles. The lowest BCUT2D eigenvalue weighted by Gasteiger charge is -2.34. The summed E-state index contributed by atoms with van der Waals surface area (Å²) in [5.41, 5.74) is 2.56. The lowest BCUT2D eigenvalue weighted by atomic mass is 10.0. The molecule has 2 aromatic carbocycles. The lowest BCUT2D eigenvalue weighted by molar-refractivity contribution is 0.0694. The summed E-state index contributed by atoms with van der Waals surface area (Å²) in [4.78, 5) is 19.2. The van der Waals surface area contributed by atoms with Gasteiger partial charge in [0.15, 0.2) is 11.6 Å². The van der Waals surface area contributed by atoms with Crippen molar-refractivity contribution in [1.82, 2.24) is 14.5 Å². The third kappa shape index (κ3) is 3.75. The number of piperidine rings is 1. The molecule has 0 aliphatic carbocycles. The number of rotatable bonds is 4. The van der Waals surface area contributed by atoms with Gasteiger partial charge in [0.25, 0.3) is 5.91 Å². The second-order valence-electron chi connectivity index (χ2n) is 7.33. The molecule has 1 amide bonds. The van der Waals surface area contributed by atoms with E-state index in [0.717, 1.165) is 29.9 Å². The highest BCUT2D eigenvalue weighted by molar-refractivity contribution is 5.94. The monoisotopic (exact) mass is 393 g/mol. The van der Waals surface area contributed by atoms with Crippen LogP contribution in [0.15, 0.2) is 54.7 Å². The Morgan fingerprint density at radius 2 is 1.86 bits per heavy atom. The van der Waals surface area contributed by atoms with Crippen molar-refractivity contribution >= 4 is 5.91 Å². The largest absolute Gasteiger partial charge is 0.494 e. The number of aryl methyl sites for hydroxylation is 1. The Morgan fingerprint density at radius 1 is 1.14 bits per heavy atom. The predicted molar refractivity (Wildman–Crippen MR) is 110 cm³/mol. The number of methoxy groups -OCH3 is 1. The zero-order chi connectivity index (χ0) is 20.4. The van der Waals surface area contributed by atoms with Crippen molar-refractivity contribution in [2.24, 2.45) is 0 Å². The van der Waals surface area contributed by atoms with E-state index in [1.807, 2.05) is 24.4 Å². The summed E-state index contributed by atoms with van der Waals surface area (Å²) in [5.74, 6) is 0.444. The second-order valence-corrected chi connectivity index (χ2v) is 7.33. The summed E-state index contributed by atoms with van der Waals surface area (Å²) in [7, 11) is 1.41. The summed E-state index contributed by atoms with van der Waals surface area (Å²) < 4.78 is 21.2. The number of carbonyl (C=O) groups excluding carboxylic acids is 1. The van der Waals surface area contributed by atoms with Crippen LogP contribution in [0.5, 0.6) is 5.75 Å². The molecular weight excluding hydrogens is 369 g/mol. The van der Waals surface area contributed by atoms with Gasteiger partial charge < -0.3 is 14.2 Å². The molecule has 1 fully saturated rings. The maximum Gasteiger partial charge on any atom is 0.253 e. The van der Waals surface area contributed by atoms with Gasteiger partial charge in [0.05, 0.1) is 7.11 Å². The number of amides is 1. The smallest absolute Gasteiger partial charge is 0.253 e. The maximum atomic E-state index is 14.0. The van der Waals surface area contributed by atoms with Crippen LogP contribution in [0, 0.1) is 12.7 Å². The highest BCUT2D eigenvalue weighted by Crippen LogP contribution is 2.31. The van der Waals surface area contributed by atoms with Crippen molar-refractivity contribution in [3.8, 4) is 17.1 Å². The normalized spacial score (nSPS) is 14.8. The molecule has 150 valence electrons. The Bertz CT molecular complexity index is 1010. The number of aromatic nitrogens is 2. The van der Waals surface area contributed by atoms with Crippen LogP contribution < -0.4 is 4.74 Å². The van der Waals surface area contributed by atoms with Crippen molar-refractivity contribution in [2.45, 2.75) is 25.8 Å². The molecule has 5 nitrogen and oxygen atoms in total. The van der Waals surface area contributed by atoms with Crippen LogP contribution in [-0.4, -0.2) is 40.6 Å². The minimum atomic E-state index is -0.519. The number of likely N-dealkylation sites (tertiary alicyclic amines) is 1. The standard InChI is InChI=1S/C23H24FN3O2/c1-16-15-25-22(17-6-4-3-5-7-17)27(16)19-10-12-26(13-11-19)23(28)18-8-9-21(29-2)20(24)14-18/h3-9,14-15,19H,10-13H2,1-2H3. The van der Waals surface area contributed by atoms with Gasteiger partial charge in [0, 0.05) is 42.1 Å². The fourth-order valence-electron chi connectivity index (χ4n) is 4.02. The van der Waals surface area contributed by atoms with E-state index in [-0.39, 0.29) is 17.7 Å². The summed E-state index contributed by atoms with van der Waals surface area (Å²) in [6.07, 6.45) is 3.57. The van der Waals surface area contributed by atoms with E-state index in [1.165, 1.54) is 19.2 Å². The summed E-state index contributed by atoms with van der Waals surface area (Å²) in [5, 5.41) is 0. The zero-order valence-corrected chi connectivity index (χ0v) is 16.6. The van der Waals surface area contributed by atoms with Gasteiger partial charge in [-0.3, -0.25) is 4.79 Å². The predicted octanol–water partition coefficient (Wildman–Crippen LogP) is 4.48. The number of hydrogen-bond acceptors (Lipinski definition) is 3. The minimum Gasteiger partial charge on any atom is -0.494 e. The van der Waals surface area contributed by atoms with Gasteiger partial charge in [-0.05, 0) is 38.0 Å². The number of ether oxygens (including phenoxy) is 1.